The van der Waals surface area contributed by atoms with Crippen LogP contribution in [0, 0.1) is 0 Å². The van der Waals surface area contributed by atoms with Crippen molar-refractivity contribution in [3.8, 4) is 0 Å². The lowest BCUT2D eigenvalue weighted by molar-refractivity contribution is 0.282. The van der Waals surface area contributed by atoms with Crippen LogP contribution in [0.15, 0.2) is 24.3 Å². The number of anilines is 2. The van der Waals surface area contributed by atoms with Crippen LogP contribution in [-0.2, 0) is 0 Å². The molecule has 1 heterocycles. The van der Waals surface area contributed by atoms with Gasteiger partial charge in [0, 0.05) is 20.2 Å². The van der Waals surface area contributed by atoms with Crippen LogP contribution in [0.1, 0.15) is 51.4 Å². The lowest BCUT2D eigenvalue weighted by atomic mass is 10.1. The van der Waals surface area contributed by atoms with Crippen LogP contribution in [0.3, 0.4) is 0 Å². The molecule has 0 amide bonds. The molecule has 21 heavy (non-hydrogen) atoms. The molecule has 3 heteroatoms. The molecule has 0 bridgehead atoms. The SMILES string of the molecule is CN1CN(CCCCCCCCCCO)c2ccccc21. The fourth-order valence-corrected chi connectivity index (χ4v) is 3.13. The highest BCUT2D eigenvalue weighted by Gasteiger charge is 2.21. The van der Waals surface area contributed by atoms with E-state index < -0.39 is 0 Å². The van der Waals surface area contributed by atoms with Crippen LogP contribution in [0.4, 0.5) is 11.4 Å². The van der Waals surface area contributed by atoms with Gasteiger partial charge in [0.05, 0.1) is 18.0 Å². The molecular formula is C18H30N2O. The van der Waals surface area contributed by atoms with E-state index in [0.29, 0.717) is 6.61 Å². The van der Waals surface area contributed by atoms with Crippen molar-refractivity contribution in [2.45, 2.75) is 51.4 Å². The van der Waals surface area contributed by atoms with Crippen molar-refractivity contribution in [1.29, 1.82) is 0 Å². The van der Waals surface area contributed by atoms with Gasteiger partial charge in [-0.1, -0.05) is 50.7 Å². The Morgan fingerprint density at radius 3 is 2.10 bits per heavy atom. The Bertz CT molecular complexity index is 408. The first-order chi connectivity index (χ1) is 10.3. The van der Waals surface area contributed by atoms with Crippen LogP contribution in [0.2, 0.25) is 0 Å². The van der Waals surface area contributed by atoms with Crippen molar-refractivity contribution in [2.75, 3.05) is 36.7 Å². The van der Waals surface area contributed by atoms with Gasteiger partial charge in [-0.15, -0.1) is 0 Å². The Morgan fingerprint density at radius 1 is 0.857 bits per heavy atom. The summed E-state index contributed by atoms with van der Waals surface area (Å²) in [6, 6.07) is 8.70. The Kier molecular flexibility index (Phi) is 6.87. The van der Waals surface area contributed by atoms with E-state index in [4.69, 9.17) is 5.11 Å². The van der Waals surface area contributed by atoms with E-state index in [0.717, 1.165) is 13.1 Å². The van der Waals surface area contributed by atoms with Crippen molar-refractivity contribution >= 4 is 11.4 Å². The average molecular weight is 290 g/mol. The van der Waals surface area contributed by atoms with Gasteiger partial charge in [-0.25, -0.2) is 0 Å². The number of fused-ring (bicyclic) bond motifs is 1. The minimum Gasteiger partial charge on any atom is -0.396 e. The number of hydrogen-bond acceptors (Lipinski definition) is 3. The van der Waals surface area contributed by atoms with Crippen LogP contribution in [0.25, 0.3) is 0 Å². The summed E-state index contributed by atoms with van der Waals surface area (Å²) < 4.78 is 0. The van der Waals surface area contributed by atoms with E-state index in [1.54, 1.807) is 0 Å². The van der Waals surface area contributed by atoms with Gasteiger partial charge in [-0.3, -0.25) is 0 Å². The Labute approximate surface area is 129 Å². The lowest BCUT2D eigenvalue weighted by Crippen LogP contribution is -2.28. The number of unbranched alkanes of at least 4 members (excludes halogenated alkanes) is 7. The summed E-state index contributed by atoms with van der Waals surface area (Å²) in [6.45, 7) is 2.55. The number of hydrogen-bond donors (Lipinski definition) is 1. The molecule has 1 aromatic rings. The fourth-order valence-electron chi connectivity index (χ4n) is 3.13. The Morgan fingerprint density at radius 2 is 1.43 bits per heavy atom. The molecule has 0 fully saturated rings. The molecule has 2 rings (SSSR count). The van der Waals surface area contributed by atoms with Crippen LogP contribution >= 0.6 is 0 Å². The maximum absolute atomic E-state index is 8.72. The van der Waals surface area contributed by atoms with Crippen LogP contribution < -0.4 is 9.80 Å². The first-order valence-corrected chi connectivity index (χ1v) is 8.49. The van der Waals surface area contributed by atoms with Crippen LogP contribution in [0.5, 0.6) is 0 Å². The summed E-state index contributed by atoms with van der Waals surface area (Å²) in [6.07, 6.45) is 10.1. The highest BCUT2D eigenvalue weighted by atomic mass is 16.2. The Balaban J connectivity index is 1.56. The quantitative estimate of drug-likeness (QED) is 0.659. The molecule has 0 unspecified atom stereocenters. The largest absolute Gasteiger partial charge is 0.396 e. The van der Waals surface area contributed by atoms with Crippen molar-refractivity contribution in [2.24, 2.45) is 0 Å². The number of nitrogens with zero attached hydrogens (tertiary/aromatic N) is 2. The van der Waals surface area contributed by atoms with Crippen molar-refractivity contribution in [1.82, 2.24) is 0 Å². The maximum Gasteiger partial charge on any atom is 0.0901 e. The molecule has 0 atom stereocenters. The maximum atomic E-state index is 8.72. The van der Waals surface area contributed by atoms with E-state index in [9.17, 15) is 0 Å². The predicted molar refractivity (Wildman–Crippen MR) is 91.1 cm³/mol. The minimum absolute atomic E-state index is 0.353. The molecule has 118 valence electrons. The first-order valence-electron chi connectivity index (χ1n) is 8.49. The number of benzene rings is 1. The van der Waals surface area contributed by atoms with E-state index in [2.05, 4.69) is 41.1 Å². The summed E-state index contributed by atoms with van der Waals surface area (Å²) in [4.78, 5) is 4.83. The third-order valence-electron chi connectivity index (χ3n) is 4.35. The molecule has 0 radical (unpaired) electrons. The van der Waals surface area contributed by atoms with E-state index in [-0.39, 0.29) is 0 Å². The first kappa shape index (κ1) is 16.2. The molecule has 1 aliphatic rings. The topological polar surface area (TPSA) is 26.7 Å². The third kappa shape index (κ3) is 4.92. The zero-order valence-corrected chi connectivity index (χ0v) is 13.4. The van der Waals surface area contributed by atoms with Gasteiger partial charge < -0.3 is 14.9 Å². The second kappa shape index (κ2) is 8.93. The van der Waals surface area contributed by atoms with Crippen molar-refractivity contribution < 1.29 is 5.11 Å². The zero-order chi connectivity index (χ0) is 14.9. The number of rotatable bonds is 10. The number of aliphatic hydroxyl groups excluding tert-OH is 1. The van der Waals surface area contributed by atoms with E-state index in [1.807, 2.05) is 0 Å². The zero-order valence-electron chi connectivity index (χ0n) is 13.4. The second-order valence-corrected chi connectivity index (χ2v) is 6.14. The molecule has 3 nitrogen and oxygen atoms in total. The van der Waals surface area contributed by atoms with E-state index in [1.165, 1.54) is 62.9 Å². The summed E-state index contributed by atoms with van der Waals surface area (Å²) >= 11 is 0. The molecule has 1 aliphatic heterocycles. The van der Waals surface area contributed by atoms with Gasteiger partial charge >= 0.3 is 0 Å². The summed E-state index contributed by atoms with van der Waals surface area (Å²) in [5, 5.41) is 8.72. The highest BCUT2D eigenvalue weighted by Crippen LogP contribution is 2.34. The lowest BCUT2D eigenvalue weighted by Gasteiger charge is -2.19. The van der Waals surface area contributed by atoms with Crippen LogP contribution in [-0.4, -0.2) is 32.0 Å². The summed E-state index contributed by atoms with van der Waals surface area (Å²) in [5.74, 6) is 0. The molecule has 0 saturated carbocycles. The van der Waals surface area contributed by atoms with Gasteiger partial charge in [0.25, 0.3) is 0 Å². The second-order valence-electron chi connectivity index (χ2n) is 6.14. The third-order valence-corrected chi connectivity index (χ3v) is 4.35. The monoisotopic (exact) mass is 290 g/mol. The standard InChI is InChI=1S/C18H30N2O/c1-19-16-20(18-13-9-8-12-17(18)19)14-10-6-4-2-3-5-7-11-15-21/h8-9,12-13,21H,2-7,10-11,14-16H2,1H3. The van der Waals surface area contributed by atoms with Gasteiger partial charge in [0.2, 0.25) is 0 Å². The number of para-hydroxylation sites is 2. The number of aliphatic hydroxyl groups is 1. The van der Waals surface area contributed by atoms with E-state index >= 15 is 0 Å². The highest BCUT2D eigenvalue weighted by molar-refractivity contribution is 5.75. The molecule has 1 N–H and O–H groups in total. The van der Waals surface area contributed by atoms with Crippen molar-refractivity contribution in [3.05, 3.63) is 24.3 Å². The smallest absolute Gasteiger partial charge is 0.0901 e. The molecule has 0 aliphatic carbocycles. The van der Waals surface area contributed by atoms with Gasteiger partial charge in [0.15, 0.2) is 0 Å². The Hall–Kier alpha value is -1.22. The van der Waals surface area contributed by atoms with Gasteiger partial charge in [-0.2, -0.15) is 0 Å². The molecule has 0 aromatic heterocycles. The molecule has 1 aromatic carbocycles. The van der Waals surface area contributed by atoms with Gasteiger partial charge in [-0.05, 0) is 25.0 Å². The van der Waals surface area contributed by atoms with Gasteiger partial charge in [0.1, 0.15) is 0 Å². The summed E-state index contributed by atoms with van der Waals surface area (Å²) in [7, 11) is 2.17. The normalized spacial score (nSPS) is 13.8. The molecule has 0 saturated heterocycles. The predicted octanol–water partition coefficient (Wildman–Crippen LogP) is 4.01. The average Bonchev–Trinajstić information content (AvgIpc) is 2.83. The molecule has 0 spiro atoms. The fraction of sp³-hybridized carbons (Fsp3) is 0.667. The van der Waals surface area contributed by atoms with Crippen molar-refractivity contribution in [3.63, 3.8) is 0 Å². The summed E-state index contributed by atoms with van der Waals surface area (Å²) in [5.41, 5.74) is 2.75. The molecular weight excluding hydrogens is 260 g/mol. The minimum atomic E-state index is 0.353.